The van der Waals surface area contributed by atoms with Gasteiger partial charge in [0.15, 0.2) is 5.78 Å². The molecule has 0 unspecified atom stereocenters. The second kappa shape index (κ2) is 4.80. The van der Waals surface area contributed by atoms with Crippen LogP contribution in [0, 0.1) is 16.7 Å². The Hall–Kier alpha value is -1.82. The minimum Gasteiger partial charge on any atom is -0.484 e. The lowest BCUT2D eigenvalue weighted by Crippen LogP contribution is -2.26. The maximum atomic E-state index is 11.6. The molecule has 0 radical (unpaired) electrons. The SMILES string of the molecule is CC(C)(C)C(=O)COc1ccccc1C#N. The van der Waals surface area contributed by atoms with Gasteiger partial charge in [0.2, 0.25) is 0 Å². The molecule has 0 aromatic heterocycles. The third-order valence-corrected chi connectivity index (χ3v) is 2.20. The van der Waals surface area contributed by atoms with Gasteiger partial charge in [-0.2, -0.15) is 5.26 Å². The molecular weight excluding hydrogens is 202 g/mol. The third kappa shape index (κ3) is 3.09. The number of carbonyl (C=O) groups excluding carboxylic acids is 1. The summed E-state index contributed by atoms with van der Waals surface area (Å²) in [4.78, 5) is 11.6. The Balaban J connectivity index is 2.70. The first-order chi connectivity index (χ1) is 7.45. The number of hydrogen-bond acceptors (Lipinski definition) is 3. The van der Waals surface area contributed by atoms with Gasteiger partial charge in [0.05, 0.1) is 5.56 Å². The Labute approximate surface area is 95.7 Å². The van der Waals surface area contributed by atoms with Crippen molar-refractivity contribution in [2.75, 3.05) is 6.61 Å². The van der Waals surface area contributed by atoms with E-state index < -0.39 is 5.41 Å². The molecule has 0 amide bonds. The van der Waals surface area contributed by atoms with Gasteiger partial charge >= 0.3 is 0 Å². The minimum absolute atomic E-state index is 0.00218. The highest BCUT2D eigenvalue weighted by Gasteiger charge is 2.21. The van der Waals surface area contributed by atoms with Gasteiger partial charge in [0.25, 0.3) is 0 Å². The number of hydrogen-bond donors (Lipinski definition) is 0. The Kier molecular flexibility index (Phi) is 3.68. The molecule has 1 aromatic rings. The number of ketones is 1. The molecule has 3 nitrogen and oxygen atoms in total. The van der Waals surface area contributed by atoms with Crippen molar-refractivity contribution in [3.63, 3.8) is 0 Å². The second-order valence-corrected chi connectivity index (χ2v) is 4.57. The number of Topliss-reactive ketones (excluding diaryl/α,β-unsaturated/α-hetero) is 1. The fourth-order valence-electron chi connectivity index (χ4n) is 1.04. The van der Waals surface area contributed by atoms with Gasteiger partial charge in [-0.1, -0.05) is 32.9 Å². The maximum absolute atomic E-state index is 11.6. The van der Waals surface area contributed by atoms with Crippen molar-refractivity contribution in [2.45, 2.75) is 20.8 Å². The molecule has 0 aliphatic heterocycles. The van der Waals surface area contributed by atoms with E-state index in [9.17, 15) is 4.79 Å². The zero-order chi connectivity index (χ0) is 12.2. The molecule has 0 N–H and O–H groups in total. The van der Waals surface area contributed by atoms with Gasteiger partial charge in [-0.3, -0.25) is 4.79 Å². The van der Waals surface area contributed by atoms with Crippen LogP contribution in [0.3, 0.4) is 0 Å². The van der Waals surface area contributed by atoms with Crippen LogP contribution in [0.5, 0.6) is 5.75 Å². The first kappa shape index (κ1) is 12.3. The van der Waals surface area contributed by atoms with Gasteiger partial charge in [0.1, 0.15) is 18.4 Å². The van der Waals surface area contributed by atoms with E-state index in [0.717, 1.165) is 0 Å². The standard InChI is InChI=1S/C13H15NO2/c1-13(2,3)12(15)9-16-11-7-5-4-6-10(11)8-14/h4-7H,9H2,1-3H3. The zero-order valence-corrected chi connectivity index (χ0v) is 9.78. The van der Waals surface area contributed by atoms with E-state index in [1.54, 1.807) is 24.3 Å². The lowest BCUT2D eigenvalue weighted by molar-refractivity contribution is -0.128. The molecule has 0 aliphatic rings. The topological polar surface area (TPSA) is 50.1 Å². The highest BCUT2D eigenvalue weighted by Crippen LogP contribution is 2.19. The minimum atomic E-state index is -0.415. The van der Waals surface area contributed by atoms with E-state index in [0.29, 0.717) is 11.3 Å². The van der Waals surface area contributed by atoms with E-state index in [1.165, 1.54) is 0 Å². The van der Waals surface area contributed by atoms with Crippen LogP contribution in [0.1, 0.15) is 26.3 Å². The Bertz CT molecular complexity index is 424. The van der Waals surface area contributed by atoms with Crippen LogP contribution in [0.15, 0.2) is 24.3 Å². The van der Waals surface area contributed by atoms with Crippen LogP contribution in [0.4, 0.5) is 0 Å². The number of nitriles is 1. The smallest absolute Gasteiger partial charge is 0.175 e. The van der Waals surface area contributed by atoms with Gasteiger partial charge in [0, 0.05) is 5.41 Å². The molecule has 0 spiro atoms. The number of nitrogens with zero attached hydrogens (tertiary/aromatic N) is 1. The van der Waals surface area contributed by atoms with Gasteiger partial charge in [-0.15, -0.1) is 0 Å². The van der Waals surface area contributed by atoms with E-state index in [1.807, 2.05) is 26.8 Å². The summed E-state index contributed by atoms with van der Waals surface area (Å²) in [6.07, 6.45) is 0. The predicted molar refractivity (Wildman–Crippen MR) is 61.1 cm³/mol. The average Bonchev–Trinajstić information content (AvgIpc) is 2.24. The van der Waals surface area contributed by atoms with Crippen molar-refractivity contribution in [1.29, 1.82) is 5.26 Å². The summed E-state index contributed by atoms with van der Waals surface area (Å²) in [6, 6.07) is 8.91. The number of benzene rings is 1. The van der Waals surface area contributed by atoms with Crippen molar-refractivity contribution >= 4 is 5.78 Å². The monoisotopic (exact) mass is 217 g/mol. The van der Waals surface area contributed by atoms with Crippen molar-refractivity contribution in [3.05, 3.63) is 29.8 Å². The van der Waals surface area contributed by atoms with Crippen molar-refractivity contribution in [1.82, 2.24) is 0 Å². The quantitative estimate of drug-likeness (QED) is 0.781. The number of carbonyl (C=O) groups is 1. The molecule has 84 valence electrons. The molecule has 0 fully saturated rings. The summed E-state index contributed by atoms with van der Waals surface area (Å²) in [7, 11) is 0. The van der Waals surface area contributed by atoms with E-state index in [4.69, 9.17) is 10.00 Å². The van der Waals surface area contributed by atoms with Crippen LogP contribution in [-0.2, 0) is 4.79 Å². The fourth-order valence-corrected chi connectivity index (χ4v) is 1.04. The molecule has 1 rings (SSSR count). The van der Waals surface area contributed by atoms with Crippen LogP contribution in [0.2, 0.25) is 0 Å². The molecule has 0 atom stereocenters. The molecule has 3 heteroatoms. The molecule has 0 saturated carbocycles. The summed E-state index contributed by atoms with van der Waals surface area (Å²) in [6.45, 7) is 5.53. The summed E-state index contributed by atoms with van der Waals surface area (Å²) in [5, 5.41) is 8.83. The van der Waals surface area contributed by atoms with E-state index in [-0.39, 0.29) is 12.4 Å². The Morgan fingerprint density at radius 1 is 1.38 bits per heavy atom. The highest BCUT2D eigenvalue weighted by atomic mass is 16.5. The summed E-state index contributed by atoms with van der Waals surface area (Å²) in [5.74, 6) is 0.475. The molecule has 1 aromatic carbocycles. The fraction of sp³-hybridized carbons (Fsp3) is 0.385. The largest absolute Gasteiger partial charge is 0.484 e. The molecule has 16 heavy (non-hydrogen) atoms. The summed E-state index contributed by atoms with van der Waals surface area (Å²) in [5.41, 5.74) is 0.0332. The lowest BCUT2D eigenvalue weighted by atomic mass is 9.91. The summed E-state index contributed by atoms with van der Waals surface area (Å²) >= 11 is 0. The second-order valence-electron chi connectivity index (χ2n) is 4.57. The van der Waals surface area contributed by atoms with Crippen molar-refractivity contribution in [3.8, 4) is 11.8 Å². The zero-order valence-electron chi connectivity index (χ0n) is 9.78. The van der Waals surface area contributed by atoms with Crippen LogP contribution < -0.4 is 4.74 Å². The predicted octanol–water partition coefficient (Wildman–Crippen LogP) is 2.55. The highest BCUT2D eigenvalue weighted by molar-refractivity contribution is 5.85. The van der Waals surface area contributed by atoms with Crippen LogP contribution in [0.25, 0.3) is 0 Å². The third-order valence-electron chi connectivity index (χ3n) is 2.20. The lowest BCUT2D eigenvalue weighted by Gasteiger charge is -2.17. The van der Waals surface area contributed by atoms with Gasteiger partial charge < -0.3 is 4.74 Å². The molecule has 0 aliphatic carbocycles. The van der Waals surface area contributed by atoms with Crippen LogP contribution in [-0.4, -0.2) is 12.4 Å². The first-order valence-electron chi connectivity index (χ1n) is 5.10. The van der Waals surface area contributed by atoms with Crippen molar-refractivity contribution < 1.29 is 9.53 Å². The molecule has 0 bridgehead atoms. The number of para-hydroxylation sites is 1. The van der Waals surface area contributed by atoms with Crippen LogP contribution >= 0.6 is 0 Å². The number of ether oxygens (including phenoxy) is 1. The van der Waals surface area contributed by atoms with Crippen molar-refractivity contribution in [2.24, 2.45) is 5.41 Å². The molecule has 0 heterocycles. The summed E-state index contributed by atoms with van der Waals surface area (Å²) < 4.78 is 5.34. The molecular formula is C13H15NO2. The number of rotatable bonds is 3. The van der Waals surface area contributed by atoms with E-state index >= 15 is 0 Å². The first-order valence-corrected chi connectivity index (χ1v) is 5.10. The van der Waals surface area contributed by atoms with Gasteiger partial charge in [-0.05, 0) is 12.1 Å². The Morgan fingerprint density at radius 2 is 2.00 bits per heavy atom. The van der Waals surface area contributed by atoms with E-state index in [2.05, 4.69) is 0 Å². The normalized spacial score (nSPS) is 10.6. The maximum Gasteiger partial charge on any atom is 0.175 e. The average molecular weight is 217 g/mol. The molecule has 0 saturated heterocycles. The van der Waals surface area contributed by atoms with Gasteiger partial charge in [-0.25, -0.2) is 0 Å². The Morgan fingerprint density at radius 3 is 2.56 bits per heavy atom.